The van der Waals surface area contributed by atoms with Crippen molar-refractivity contribution in [3.8, 4) is 0 Å². The molecule has 0 saturated carbocycles. The Kier molecular flexibility index (Phi) is 7.90. The van der Waals surface area contributed by atoms with Crippen molar-refractivity contribution < 1.29 is 48.3 Å². The number of alkyl halides is 12. The van der Waals surface area contributed by atoms with E-state index < -0.39 is 39.7 Å². The van der Waals surface area contributed by atoms with Crippen molar-refractivity contribution >= 4 is 22.6 Å². The molecule has 0 fully saturated rings. The summed E-state index contributed by atoms with van der Waals surface area (Å²) in [6.45, 7) is 1.97. The maximum absolute atomic E-state index is 14.4. The third-order valence-corrected chi connectivity index (χ3v) is 5.57. The molecule has 0 spiro atoms. The van der Waals surface area contributed by atoms with Gasteiger partial charge in [-0.3, -0.25) is 0 Å². The van der Waals surface area contributed by atoms with E-state index in [0.29, 0.717) is 12.8 Å². The summed E-state index contributed by atoms with van der Waals surface area (Å²) < 4.78 is 142. The molecule has 0 radical (unpaired) electrons. The van der Waals surface area contributed by atoms with Crippen molar-refractivity contribution in [2.75, 3.05) is 0 Å². The van der Waals surface area contributed by atoms with Gasteiger partial charge in [0.25, 0.3) is 5.67 Å². The number of halogens is 12. The normalized spacial score (nSPS) is 19.4. The van der Waals surface area contributed by atoms with Gasteiger partial charge in [0.05, 0.1) is 0 Å². The van der Waals surface area contributed by atoms with Crippen molar-refractivity contribution in [3.63, 3.8) is 0 Å². The molecule has 152 valence electrons. The van der Waals surface area contributed by atoms with Crippen molar-refractivity contribution in [2.24, 2.45) is 5.92 Å². The first-order valence-corrected chi connectivity index (χ1v) is 8.36. The zero-order chi connectivity index (χ0) is 20.5. The quantitative estimate of drug-likeness (QED) is 0.142. The summed E-state index contributed by atoms with van der Waals surface area (Å²) in [5, 5.41) is 0. The van der Waals surface area contributed by atoms with Gasteiger partial charge in [0.1, 0.15) is 0 Å². The number of hydrogen-bond acceptors (Lipinski definition) is 0. The van der Waals surface area contributed by atoms with Gasteiger partial charge in [-0.05, 0) is 6.42 Å². The van der Waals surface area contributed by atoms with E-state index in [1.54, 1.807) is 6.92 Å². The third-order valence-electron chi connectivity index (χ3n) is 3.87. The third kappa shape index (κ3) is 4.45. The molecule has 0 aromatic heterocycles. The second kappa shape index (κ2) is 7.91. The second-order valence-corrected chi connectivity index (χ2v) is 7.26. The predicted octanol–water partition coefficient (Wildman–Crippen LogP) is 7.11. The Labute approximate surface area is 150 Å². The average molecular weight is 508 g/mol. The highest BCUT2D eigenvalue weighted by Crippen LogP contribution is 2.60. The van der Waals surface area contributed by atoms with E-state index >= 15 is 0 Å². The van der Waals surface area contributed by atoms with Gasteiger partial charge in [-0.2, -0.15) is 43.9 Å². The first kappa shape index (κ1) is 25.0. The monoisotopic (exact) mass is 508 g/mol. The zero-order valence-corrected chi connectivity index (χ0v) is 15.2. The van der Waals surface area contributed by atoms with E-state index in [9.17, 15) is 48.3 Å². The summed E-state index contributed by atoms with van der Waals surface area (Å²) in [6, 6.07) is 0. The molecule has 0 aliphatic carbocycles. The van der Waals surface area contributed by atoms with Gasteiger partial charge >= 0.3 is 24.2 Å². The van der Waals surface area contributed by atoms with Crippen LogP contribution in [-0.4, -0.2) is 33.8 Å². The van der Waals surface area contributed by atoms with Gasteiger partial charge in [-0.25, -0.2) is 4.39 Å². The lowest BCUT2D eigenvalue weighted by molar-refractivity contribution is -0.418. The molecule has 25 heavy (non-hydrogen) atoms. The minimum absolute atomic E-state index is 0.184. The van der Waals surface area contributed by atoms with Crippen LogP contribution < -0.4 is 0 Å². The summed E-state index contributed by atoms with van der Waals surface area (Å²) in [4.78, 5) is 0. The molecule has 0 aromatic rings. The molecule has 0 saturated heterocycles. The minimum atomic E-state index is -7.20. The molecule has 0 heterocycles. The Balaban J connectivity index is 6.07. The Morgan fingerprint density at radius 1 is 0.720 bits per heavy atom. The molecule has 0 aliphatic rings. The Hall–Kier alpha value is -0.0400. The van der Waals surface area contributed by atoms with E-state index in [2.05, 4.69) is 0 Å². The molecule has 3 unspecified atom stereocenters. The van der Waals surface area contributed by atoms with Gasteiger partial charge in [0.15, 0.2) is 0 Å². The van der Waals surface area contributed by atoms with E-state index in [0.717, 1.165) is 22.6 Å². The molecule has 0 rings (SSSR count). The van der Waals surface area contributed by atoms with Crippen LogP contribution in [0.25, 0.3) is 0 Å². The predicted molar refractivity (Wildman–Crippen MR) is 77.0 cm³/mol. The van der Waals surface area contributed by atoms with Crippen LogP contribution >= 0.6 is 22.6 Å². The van der Waals surface area contributed by atoms with Gasteiger partial charge < -0.3 is 0 Å². The molecular formula is C13H16F11I. The average Bonchev–Trinajstić information content (AvgIpc) is 2.42. The molecule has 0 amide bonds. The van der Waals surface area contributed by atoms with Crippen LogP contribution in [0.1, 0.15) is 39.5 Å². The van der Waals surface area contributed by atoms with E-state index in [1.807, 2.05) is 0 Å². The first-order valence-electron chi connectivity index (χ1n) is 7.11. The maximum atomic E-state index is 14.4. The SMILES string of the molecule is CCCCCC(I)C(C)C(F)(C(F)(F)F)C(F)(F)C(F)(F)C(F)(F)F. The second-order valence-electron chi connectivity index (χ2n) is 5.66. The highest BCUT2D eigenvalue weighted by atomic mass is 127. The van der Waals surface area contributed by atoms with Gasteiger partial charge in [0.2, 0.25) is 0 Å². The summed E-state index contributed by atoms with van der Waals surface area (Å²) in [6.07, 6.45) is -12.7. The summed E-state index contributed by atoms with van der Waals surface area (Å²) in [7, 11) is 0. The largest absolute Gasteiger partial charge is 0.460 e. The zero-order valence-electron chi connectivity index (χ0n) is 13.0. The fraction of sp³-hybridized carbons (Fsp3) is 1.00. The van der Waals surface area contributed by atoms with Crippen LogP contribution in [-0.2, 0) is 0 Å². The Morgan fingerprint density at radius 2 is 1.16 bits per heavy atom. The van der Waals surface area contributed by atoms with Crippen molar-refractivity contribution in [1.29, 1.82) is 0 Å². The van der Waals surface area contributed by atoms with Crippen molar-refractivity contribution in [3.05, 3.63) is 0 Å². The first-order chi connectivity index (χ1) is 10.9. The fourth-order valence-corrected chi connectivity index (χ4v) is 3.15. The minimum Gasteiger partial charge on any atom is -0.226 e. The number of rotatable bonds is 8. The smallest absolute Gasteiger partial charge is 0.226 e. The standard InChI is InChI=1S/C13H16F11I/c1-3-4-5-6-8(25)7(2)9(14,12(19,20)21)10(15,16)11(17,18)13(22,23)24/h7-8H,3-6H2,1-2H3. The lowest BCUT2D eigenvalue weighted by Gasteiger charge is -2.43. The molecule has 0 N–H and O–H groups in total. The number of unbranched alkanes of at least 4 members (excludes halogenated alkanes) is 2. The lowest BCUT2D eigenvalue weighted by Crippen LogP contribution is -2.70. The molecule has 0 nitrogen and oxygen atoms in total. The van der Waals surface area contributed by atoms with E-state index in [1.165, 1.54) is 0 Å². The van der Waals surface area contributed by atoms with E-state index in [4.69, 9.17) is 0 Å². The Morgan fingerprint density at radius 3 is 1.48 bits per heavy atom. The van der Waals surface area contributed by atoms with Crippen LogP contribution in [0, 0.1) is 5.92 Å². The van der Waals surface area contributed by atoms with Crippen LogP contribution in [0.2, 0.25) is 0 Å². The van der Waals surface area contributed by atoms with Crippen LogP contribution in [0.5, 0.6) is 0 Å². The molecule has 0 aliphatic heterocycles. The maximum Gasteiger partial charge on any atom is 0.460 e. The Bertz CT molecular complexity index is 429. The van der Waals surface area contributed by atoms with Gasteiger partial charge in [0, 0.05) is 9.84 Å². The summed E-state index contributed by atoms with van der Waals surface area (Å²) >= 11 is 1.16. The molecule has 0 aromatic carbocycles. The van der Waals surface area contributed by atoms with Crippen LogP contribution in [0.4, 0.5) is 48.3 Å². The van der Waals surface area contributed by atoms with Crippen molar-refractivity contribution in [2.45, 2.75) is 73.3 Å². The van der Waals surface area contributed by atoms with E-state index in [-0.39, 0.29) is 19.8 Å². The summed E-state index contributed by atoms with van der Waals surface area (Å²) in [5.74, 6) is -17.1. The fourth-order valence-electron chi connectivity index (χ4n) is 2.22. The topological polar surface area (TPSA) is 0 Å². The number of hydrogen-bond donors (Lipinski definition) is 0. The van der Waals surface area contributed by atoms with Gasteiger partial charge in [-0.15, -0.1) is 0 Å². The van der Waals surface area contributed by atoms with Gasteiger partial charge in [-0.1, -0.05) is 55.7 Å². The molecule has 0 bridgehead atoms. The van der Waals surface area contributed by atoms with Crippen LogP contribution in [0.3, 0.4) is 0 Å². The molecule has 12 heteroatoms. The molecule has 3 atom stereocenters. The lowest BCUT2D eigenvalue weighted by atomic mass is 9.78. The van der Waals surface area contributed by atoms with Crippen LogP contribution in [0.15, 0.2) is 0 Å². The highest BCUT2D eigenvalue weighted by molar-refractivity contribution is 14.1. The summed E-state index contributed by atoms with van der Waals surface area (Å²) in [5.41, 5.74) is -6.06. The molecular weight excluding hydrogens is 492 g/mol. The van der Waals surface area contributed by atoms with Crippen molar-refractivity contribution in [1.82, 2.24) is 0 Å². The highest BCUT2D eigenvalue weighted by Gasteiger charge is 2.87.